The molecule has 0 spiro atoms. The molecule has 140 valence electrons. The van der Waals surface area contributed by atoms with Crippen LogP contribution in [0, 0.1) is 23.2 Å². The van der Waals surface area contributed by atoms with E-state index in [1.54, 1.807) is 0 Å². The summed E-state index contributed by atoms with van der Waals surface area (Å²) in [6.07, 6.45) is 10.6. The maximum absolute atomic E-state index is 12.5. The predicted molar refractivity (Wildman–Crippen MR) is 96.9 cm³/mol. The van der Waals surface area contributed by atoms with Crippen LogP contribution < -0.4 is 10.6 Å². The number of piperidine rings is 1. The number of nitrogens with zero attached hydrogens (tertiary/aromatic N) is 1. The number of nitrogens with one attached hydrogen (secondary N) is 2. The molecule has 0 radical (unpaired) electrons. The van der Waals surface area contributed by atoms with Gasteiger partial charge in [-0.3, -0.25) is 9.59 Å². The summed E-state index contributed by atoms with van der Waals surface area (Å²) in [4.78, 5) is 26.8. The van der Waals surface area contributed by atoms with Gasteiger partial charge in [0.15, 0.2) is 0 Å². The summed E-state index contributed by atoms with van der Waals surface area (Å²) in [7, 11) is 1.98. The molecule has 1 heterocycles. The van der Waals surface area contributed by atoms with Crippen LogP contribution in [0.25, 0.3) is 0 Å². The standard InChI is InChI=1S/C20H33N3O2/c1-21-17-2-4-23(5-3-17)19(25)13-22-18(24)12-20-9-14-6-15(10-20)8-16(7-14)11-20/h14-17,21H,2-13H2,1H3,(H,22,24). The van der Waals surface area contributed by atoms with E-state index in [0.29, 0.717) is 12.5 Å². The lowest BCUT2D eigenvalue weighted by molar-refractivity contribution is -0.136. The average Bonchev–Trinajstić information content (AvgIpc) is 2.58. The van der Waals surface area contributed by atoms with E-state index in [-0.39, 0.29) is 23.8 Å². The number of likely N-dealkylation sites (tertiary alicyclic amines) is 1. The zero-order chi connectivity index (χ0) is 17.4. The second-order valence-corrected chi connectivity index (χ2v) is 9.31. The molecule has 25 heavy (non-hydrogen) atoms. The van der Waals surface area contributed by atoms with Gasteiger partial charge in [-0.05, 0) is 81.6 Å². The third-order valence-electron chi connectivity index (χ3n) is 7.39. The fourth-order valence-electron chi connectivity index (χ4n) is 6.61. The highest BCUT2D eigenvalue weighted by Gasteiger charge is 2.51. The molecule has 4 saturated carbocycles. The largest absolute Gasteiger partial charge is 0.347 e. The molecule has 1 aliphatic heterocycles. The van der Waals surface area contributed by atoms with Crippen molar-refractivity contribution >= 4 is 11.8 Å². The van der Waals surface area contributed by atoms with Gasteiger partial charge in [0.2, 0.25) is 11.8 Å². The molecular formula is C20H33N3O2. The third-order valence-corrected chi connectivity index (χ3v) is 7.39. The van der Waals surface area contributed by atoms with Crippen LogP contribution in [0.1, 0.15) is 57.8 Å². The summed E-state index contributed by atoms with van der Waals surface area (Å²) < 4.78 is 0. The summed E-state index contributed by atoms with van der Waals surface area (Å²) >= 11 is 0. The van der Waals surface area contributed by atoms with Gasteiger partial charge in [0, 0.05) is 25.6 Å². The molecular weight excluding hydrogens is 314 g/mol. The number of amides is 2. The van der Waals surface area contributed by atoms with Gasteiger partial charge in [-0.25, -0.2) is 0 Å². The predicted octanol–water partition coefficient (Wildman–Crippen LogP) is 1.92. The Hall–Kier alpha value is -1.10. The Kier molecular flexibility index (Phi) is 4.78. The molecule has 4 aliphatic carbocycles. The molecule has 1 saturated heterocycles. The smallest absolute Gasteiger partial charge is 0.241 e. The van der Waals surface area contributed by atoms with Gasteiger partial charge in [-0.2, -0.15) is 0 Å². The normalized spacial score (nSPS) is 37.3. The van der Waals surface area contributed by atoms with Gasteiger partial charge < -0.3 is 15.5 Å². The van der Waals surface area contributed by atoms with Crippen molar-refractivity contribution in [1.29, 1.82) is 0 Å². The Labute approximate surface area is 151 Å². The van der Waals surface area contributed by atoms with E-state index in [1.807, 2.05) is 11.9 Å². The maximum Gasteiger partial charge on any atom is 0.241 e. The summed E-state index contributed by atoms with van der Waals surface area (Å²) in [5.74, 6) is 2.78. The number of hydrogen-bond donors (Lipinski definition) is 2. The SMILES string of the molecule is CNC1CCN(C(=O)CNC(=O)CC23CC4CC(CC(C4)C2)C3)CC1. The van der Waals surface area contributed by atoms with Crippen molar-refractivity contribution in [3.63, 3.8) is 0 Å². The minimum atomic E-state index is 0.0772. The first-order valence-electron chi connectivity index (χ1n) is 10.3. The molecule has 5 nitrogen and oxygen atoms in total. The molecule has 0 atom stereocenters. The summed E-state index contributed by atoms with van der Waals surface area (Å²) in [5.41, 5.74) is 0.257. The molecule has 0 aromatic heterocycles. The fraction of sp³-hybridized carbons (Fsp3) is 0.900. The Morgan fingerprint density at radius 2 is 1.56 bits per heavy atom. The second-order valence-electron chi connectivity index (χ2n) is 9.31. The zero-order valence-corrected chi connectivity index (χ0v) is 15.6. The van der Waals surface area contributed by atoms with Gasteiger partial charge in [-0.1, -0.05) is 0 Å². The van der Waals surface area contributed by atoms with Crippen molar-refractivity contribution in [2.75, 3.05) is 26.7 Å². The molecule has 0 aromatic carbocycles. The minimum absolute atomic E-state index is 0.0772. The Bertz CT molecular complexity index is 490. The lowest BCUT2D eigenvalue weighted by Crippen LogP contribution is -2.49. The van der Waals surface area contributed by atoms with Gasteiger partial charge >= 0.3 is 0 Å². The number of carbonyl (C=O) groups is 2. The monoisotopic (exact) mass is 347 g/mol. The van der Waals surface area contributed by atoms with Crippen LogP contribution in [-0.2, 0) is 9.59 Å². The highest BCUT2D eigenvalue weighted by atomic mass is 16.2. The molecule has 5 rings (SSSR count). The molecule has 5 heteroatoms. The van der Waals surface area contributed by atoms with E-state index in [9.17, 15) is 9.59 Å². The lowest BCUT2D eigenvalue weighted by Gasteiger charge is -2.56. The van der Waals surface area contributed by atoms with Crippen LogP contribution in [0.2, 0.25) is 0 Å². The van der Waals surface area contributed by atoms with Gasteiger partial charge in [0.25, 0.3) is 0 Å². The summed E-state index contributed by atoms with van der Waals surface area (Å²) in [5, 5.41) is 6.21. The van der Waals surface area contributed by atoms with E-state index in [4.69, 9.17) is 0 Å². The number of carbonyl (C=O) groups excluding carboxylic acids is 2. The van der Waals surface area contributed by atoms with E-state index < -0.39 is 0 Å². The van der Waals surface area contributed by atoms with Gasteiger partial charge in [0.05, 0.1) is 6.54 Å². The second kappa shape index (κ2) is 6.90. The van der Waals surface area contributed by atoms with Crippen molar-refractivity contribution in [2.45, 2.75) is 63.8 Å². The lowest BCUT2D eigenvalue weighted by atomic mass is 9.49. The van der Waals surface area contributed by atoms with Crippen molar-refractivity contribution in [1.82, 2.24) is 15.5 Å². The number of hydrogen-bond acceptors (Lipinski definition) is 3. The quantitative estimate of drug-likeness (QED) is 0.799. The maximum atomic E-state index is 12.5. The molecule has 0 unspecified atom stereocenters. The first-order chi connectivity index (χ1) is 12.0. The van der Waals surface area contributed by atoms with E-state index in [1.165, 1.54) is 38.5 Å². The Morgan fingerprint density at radius 3 is 2.08 bits per heavy atom. The van der Waals surface area contributed by atoms with Crippen molar-refractivity contribution in [3.05, 3.63) is 0 Å². The Morgan fingerprint density at radius 1 is 1.00 bits per heavy atom. The highest BCUT2D eigenvalue weighted by Crippen LogP contribution is 2.61. The van der Waals surface area contributed by atoms with Crippen molar-refractivity contribution < 1.29 is 9.59 Å². The van der Waals surface area contributed by atoms with Gasteiger partial charge in [-0.15, -0.1) is 0 Å². The molecule has 4 bridgehead atoms. The molecule has 0 aromatic rings. The van der Waals surface area contributed by atoms with Crippen LogP contribution in [0.3, 0.4) is 0 Å². The minimum Gasteiger partial charge on any atom is -0.347 e. The fourth-order valence-corrected chi connectivity index (χ4v) is 6.61. The van der Waals surface area contributed by atoms with E-state index in [2.05, 4.69) is 10.6 Å². The molecule has 5 fully saturated rings. The van der Waals surface area contributed by atoms with E-state index in [0.717, 1.165) is 43.7 Å². The molecule has 2 N–H and O–H groups in total. The first-order valence-corrected chi connectivity index (χ1v) is 10.3. The highest BCUT2D eigenvalue weighted by molar-refractivity contribution is 5.85. The summed E-state index contributed by atoms with van der Waals surface area (Å²) in [6.45, 7) is 1.78. The average molecular weight is 348 g/mol. The first kappa shape index (κ1) is 17.3. The van der Waals surface area contributed by atoms with E-state index >= 15 is 0 Å². The van der Waals surface area contributed by atoms with Crippen LogP contribution in [0.15, 0.2) is 0 Å². The van der Waals surface area contributed by atoms with Crippen molar-refractivity contribution in [3.8, 4) is 0 Å². The van der Waals surface area contributed by atoms with Crippen LogP contribution in [-0.4, -0.2) is 49.4 Å². The molecule has 2 amide bonds. The Balaban J connectivity index is 1.24. The van der Waals surface area contributed by atoms with Crippen LogP contribution in [0.5, 0.6) is 0 Å². The van der Waals surface area contributed by atoms with Crippen molar-refractivity contribution in [2.24, 2.45) is 23.2 Å². The topological polar surface area (TPSA) is 61.4 Å². The molecule has 5 aliphatic rings. The number of rotatable bonds is 5. The third kappa shape index (κ3) is 3.71. The van der Waals surface area contributed by atoms with Crippen LogP contribution in [0.4, 0.5) is 0 Å². The van der Waals surface area contributed by atoms with Crippen LogP contribution >= 0.6 is 0 Å². The summed E-state index contributed by atoms with van der Waals surface area (Å²) in [6, 6.07) is 0.523. The zero-order valence-electron chi connectivity index (χ0n) is 15.6. The van der Waals surface area contributed by atoms with Gasteiger partial charge in [0.1, 0.15) is 0 Å².